The van der Waals surface area contributed by atoms with Gasteiger partial charge in [-0.3, -0.25) is 4.98 Å². The number of hydrogen-bond acceptors (Lipinski definition) is 3. The Morgan fingerprint density at radius 2 is 1.94 bits per heavy atom. The molecule has 0 saturated heterocycles. The Morgan fingerprint density at radius 3 is 2.59 bits per heavy atom. The average molecular weight is 234 g/mol. The second-order valence-corrected chi connectivity index (χ2v) is 5.06. The van der Waals surface area contributed by atoms with Crippen molar-refractivity contribution in [3.8, 4) is 0 Å². The topological polar surface area (TPSA) is 45.1 Å². The molecule has 0 aromatic carbocycles. The first-order valence-corrected chi connectivity index (χ1v) is 6.62. The molecule has 2 rings (SSSR count). The predicted octanol–water partition coefficient (Wildman–Crippen LogP) is 2.26. The summed E-state index contributed by atoms with van der Waals surface area (Å²) in [7, 11) is 0. The van der Waals surface area contributed by atoms with Gasteiger partial charge in [0.25, 0.3) is 0 Å². The van der Waals surface area contributed by atoms with Crippen LogP contribution in [0.15, 0.2) is 24.4 Å². The Bertz CT molecular complexity index is 318. The van der Waals surface area contributed by atoms with Crippen LogP contribution in [0.1, 0.15) is 44.2 Å². The SMILES string of the molecule is OC1(CNCc2ccccn2)CCCCCC1. The van der Waals surface area contributed by atoms with Crippen molar-refractivity contribution in [2.75, 3.05) is 6.54 Å². The van der Waals surface area contributed by atoms with E-state index < -0.39 is 5.60 Å². The molecular formula is C14H22N2O. The molecule has 1 aromatic heterocycles. The van der Waals surface area contributed by atoms with Gasteiger partial charge in [0, 0.05) is 19.3 Å². The number of nitrogens with zero attached hydrogens (tertiary/aromatic N) is 1. The fourth-order valence-corrected chi connectivity index (χ4v) is 2.49. The van der Waals surface area contributed by atoms with Crippen LogP contribution in [0.4, 0.5) is 0 Å². The van der Waals surface area contributed by atoms with Crippen molar-refractivity contribution < 1.29 is 5.11 Å². The Balaban J connectivity index is 1.77. The minimum Gasteiger partial charge on any atom is -0.389 e. The Labute approximate surface area is 103 Å². The maximum atomic E-state index is 10.4. The van der Waals surface area contributed by atoms with E-state index in [1.54, 1.807) is 6.20 Å². The standard InChI is InChI=1S/C14H22N2O/c17-14(8-4-1-2-5-9-14)12-15-11-13-7-3-6-10-16-13/h3,6-7,10,15,17H,1-2,4-5,8-9,11-12H2. The first kappa shape index (κ1) is 12.5. The van der Waals surface area contributed by atoms with Crippen LogP contribution in [0.5, 0.6) is 0 Å². The van der Waals surface area contributed by atoms with Crippen molar-refractivity contribution in [2.24, 2.45) is 0 Å². The van der Waals surface area contributed by atoms with Gasteiger partial charge in [-0.25, -0.2) is 0 Å². The number of aromatic nitrogens is 1. The van der Waals surface area contributed by atoms with Crippen molar-refractivity contribution >= 4 is 0 Å². The number of rotatable bonds is 4. The van der Waals surface area contributed by atoms with E-state index in [0.717, 1.165) is 37.9 Å². The average Bonchev–Trinajstić information content (AvgIpc) is 2.56. The monoisotopic (exact) mass is 234 g/mol. The fourth-order valence-electron chi connectivity index (χ4n) is 2.49. The van der Waals surface area contributed by atoms with E-state index in [2.05, 4.69) is 10.3 Å². The first-order chi connectivity index (χ1) is 8.29. The highest BCUT2D eigenvalue weighted by atomic mass is 16.3. The van der Waals surface area contributed by atoms with Gasteiger partial charge in [-0.1, -0.05) is 31.7 Å². The second kappa shape index (κ2) is 6.12. The van der Waals surface area contributed by atoms with Crippen LogP contribution in [-0.4, -0.2) is 22.2 Å². The minimum atomic E-state index is -0.495. The quantitative estimate of drug-likeness (QED) is 0.785. The van der Waals surface area contributed by atoms with E-state index in [1.165, 1.54) is 12.8 Å². The van der Waals surface area contributed by atoms with Crippen molar-refractivity contribution in [3.05, 3.63) is 30.1 Å². The van der Waals surface area contributed by atoms with E-state index >= 15 is 0 Å². The summed E-state index contributed by atoms with van der Waals surface area (Å²) in [5, 5.41) is 13.8. The summed E-state index contributed by atoms with van der Waals surface area (Å²) in [5.41, 5.74) is 0.537. The highest BCUT2D eigenvalue weighted by Crippen LogP contribution is 2.26. The Kier molecular flexibility index (Phi) is 4.51. The van der Waals surface area contributed by atoms with Crippen LogP contribution in [0.25, 0.3) is 0 Å². The summed E-state index contributed by atoms with van der Waals surface area (Å²) in [5.74, 6) is 0. The van der Waals surface area contributed by atoms with E-state index in [4.69, 9.17) is 0 Å². The van der Waals surface area contributed by atoms with Gasteiger partial charge in [-0.05, 0) is 25.0 Å². The normalized spacial score (nSPS) is 19.8. The highest BCUT2D eigenvalue weighted by Gasteiger charge is 2.27. The second-order valence-electron chi connectivity index (χ2n) is 5.06. The molecule has 3 nitrogen and oxygen atoms in total. The molecule has 17 heavy (non-hydrogen) atoms. The number of pyridine rings is 1. The van der Waals surface area contributed by atoms with E-state index in [0.29, 0.717) is 6.54 Å². The predicted molar refractivity (Wildman–Crippen MR) is 68.6 cm³/mol. The van der Waals surface area contributed by atoms with E-state index in [9.17, 15) is 5.11 Å². The van der Waals surface area contributed by atoms with Gasteiger partial charge in [0.05, 0.1) is 11.3 Å². The first-order valence-electron chi connectivity index (χ1n) is 6.62. The lowest BCUT2D eigenvalue weighted by molar-refractivity contribution is 0.0250. The summed E-state index contributed by atoms with van der Waals surface area (Å²) >= 11 is 0. The van der Waals surface area contributed by atoms with Crippen LogP contribution in [0.2, 0.25) is 0 Å². The lowest BCUT2D eigenvalue weighted by atomic mass is 9.94. The maximum Gasteiger partial charge on any atom is 0.0771 e. The van der Waals surface area contributed by atoms with E-state index in [1.807, 2.05) is 18.2 Å². The smallest absolute Gasteiger partial charge is 0.0771 e. The third-order valence-electron chi connectivity index (χ3n) is 3.52. The van der Waals surface area contributed by atoms with Crippen molar-refractivity contribution in [1.29, 1.82) is 0 Å². The maximum absolute atomic E-state index is 10.4. The van der Waals surface area contributed by atoms with Crippen molar-refractivity contribution in [3.63, 3.8) is 0 Å². The molecular weight excluding hydrogens is 212 g/mol. The lowest BCUT2D eigenvalue weighted by Gasteiger charge is -2.26. The van der Waals surface area contributed by atoms with E-state index in [-0.39, 0.29) is 0 Å². The fraction of sp³-hybridized carbons (Fsp3) is 0.643. The van der Waals surface area contributed by atoms with Crippen LogP contribution in [0, 0.1) is 0 Å². The van der Waals surface area contributed by atoms with Gasteiger partial charge in [-0.2, -0.15) is 0 Å². The molecule has 0 bridgehead atoms. The van der Waals surface area contributed by atoms with Crippen molar-refractivity contribution in [2.45, 2.75) is 50.7 Å². The Morgan fingerprint density at radius 1 is 1.18 bits per heavy atom. The largest absolute Gasteiger partial charge is 0.389 e. The third kappa shape index (κ3) is 4.10. The molecule has 1 aliphatic carbocycles. The molecule has 1 aromatic rings. The van der Waals surface area contributed by atoms with Gasteiger partial charge < -0.3 is 10.4 Å². The zero-order chi connectivity index (χ0) is 12.0. The molecule has 1 aliphatic rings. The molecule has 3 heteroatoms. The molecule has 1 heterocycles. The van der Waals surface area contributed by atoms with Gasteiger partial charge in [0.15, 0.2) is 0 Å². The summed E-state index contributed by atoms with van der Waals surface area (Å²) in [6, 6.07) is 5.91. The zero-order valence-corrected chi connectivity index (χ0v) is 10.4. The zero-order valence-electron chi connectivity index (χ0n) is 10.4. The van der Waals surface area contributed by atoms with Crippen LogP contribution in [0.3, 0.4) is 0 Å². The summed E-state index contributed by atoms with van der Waals surface area (Å²) in [6.07, 6.45) is 8.51. The molecule has 0 atom stereocenters. The minimum absolute atomic E-state index is 0.495. The molecule has 94 valence electrons. The molecule has 0 amide bonds. The highest BCUT2D eigenvalue weighted by molar-refractivity contribution is 5.03. The number of nitrogens with one attached hydrogen (secondary N) is 1. The van der Waals surface area contributed by atoms with Gasteiger partial charge in [0.1, 0.15) is 0 Å². The van der Waals surface area contributed by atoms with Crippen LogP contribution in [-0.2, 0) is 6.54 Å². The van der Waals surface area contributed by atoms with Crippen molar-refractivity contribution in [1.82, 2.24) is 10.3 Å². The van der Waals surface area contributed by atoms with Crippen LogP contribution < -0.4 is 5.32 Å². The van der Waals surface area contributed by atoms with Gasteiger partial charge in [-0.15, -0.1) is 0 Å². The number of hydrogen-bond donors (Lipinski definition) is 2. The molecule has 0 radical (unpaired) electrons. The number of aliphatic hydroxyl groups is 1. The summed E-state index contributed by atoms with van der Waals surface area (Å²) in [6.45, 7) is 1.42. The third-order valence-corrected chi connectivity index (χ3v) is 3.52. The summed E-state index contributed by atoms with van der Waals surface area (Å²) < 4.78 is 0. The van der Waals surface area contributed by atoms with Gasteiger partial charge in [0.2, 0.25) is 0 Å². The molecule has 1 saturated carbocycles. The lowest BCUT2D eigenvalue weighted by Crippen LogP contribution is -2.40. The molecule has 2 N–H and O–H groups in total. The molecule has 0 aliphatic heterocycles. The Hall–Kier alpha value is -0.930. The van der Waals surface area contributed by atoms with Gasteiger partial charge >= 0.3 is 0 Å². The molecule has 1 fully saturated rings. The summed E-state index contributed by atoms with van der Waals surface area (Å²) in [4.78, 5) is 4.26. The molecule has 0 unspecified atom stereocenters. The van der Waals surface area contributed by atoms with Crippen LogP contribution >= 0.6 is 0 Å². The molecule has 0 spiro atoms.